The topological polar surface area (TPSA) is 48.6 Å². The minimum atomic E-state index is -0.142. The first-order valence-corrected chi connectivity index (χ1v) is 7.72. The Morgan fingerprint density at radius 3 is 2.61 bits per heavy atom. The Balaban J connectivity index is 1.91. The number of nitrogens with zero attached hydrogens (tertiary/aromatic N) is 2. The van der Waals surface area contributed by atoms with Crippen LogP contribution in [-0.2, 0) is 4.79 Å². The smallest absolute Gasteiger partial charge is 0.281 e. The number of thiocarbonyl (C=S) groups is 1. The van der Waals surface area contributed by atoms with E-state index in [0.29, 0.717) is 17.4 Å². The van der Waals surface area contributed by atoms with Crippen LogP contribution in [0.15, 0.2) is 48.3 Å². The van der Waals surface area contributed by atoms with E-state index in [0.717, 1.165) is 17.1 Å². The summed E-state index contributed by atoms with van der Waals surface area (Å²) in [6, 6.07) is 11.1. The Bertz CT molecular complexity index is 751. The minimum Gasteiger partial charge on any atom is -0.494 e. The number of H-pyrrole nitrogens is 1. The number of rotatable bonds is 4. The molecule has 1 amide bonds. The van der Waals surface area contributed by atoms with E-state index in [-0.39, 0.29) is 5.91 Å². The fraction of sp³-hybridized carbons (Fsp3) is 0.176. The molecule has 2 heterocycles. The molecule has 1 fully saturated rings. The van der Waals surface area contributed by atoms with Gasteiger partial charge in [0, 0.05) is 18.9 Å². The highest BCUT2D eigenvalue weighted by molar-refractivity contribution is 7.80. The molecule has 3 rings (SSSR count). The van der Waals surface area contributed by atoms with Crippen molar-refractivity contribution in [2.75, 3.05) is 18.6 Å². The Hall–Kier alpha value is -2.60. The molecule has 0 spiro atoms. The number of carbonyl (C=O) groups is 1. The first-order valence-electron chi connectivity index (χ1n) is 7.32. The molecule has 6 heteroatoms. The maximum Gasteiger partial charge on any atom is 0.281 e. The lowest BCUT2D eigenvalue weighted by Crippen LogP contribution is -2.31. The van der Waals surface area contributed by atoms with Crippen LogP contribution in [0.1, 0.15) is 12.6 Å². The standard InChI is InChI=1S/C17H17N3O2S/c1-3-22-14-8-6-13(7-9-14)20-16(21)15(19(2)17(20)23)11-12-5-4-10-18-12/h4-11,18H,3H2,1-2H3/b15-11-. The van der Waals surface area contributed by atoms with Crippen molar-refractivity contribution < 1.29 is 9.53 Å². The van der Waals surface area contributed by atoms with E-state index in [4.69, 9.17) is 17.0 Å². The lowest BCUT2D eigenvalue weighted by atomic mass is 10.2. The van der Waals surface area contributed by atoms with Crippen molar-refractivity contribution in [3.8, 4) is 5.75 Å². The number of amides is 1. The molecule has 118 valence electrons. The number of hydrogen-bond acceptors (Lipinski definition) is 3. The molecule has 23 heavy (non-hydrogen) atoms. The van der Waals surface area contributed by atoms with Crippen molar-refractivity contribution in [1.82, 2.24) is 9.88 Å². The number of aromatic amines is 1. The lowest BCUT2D eigenvalue weighted by molar-refractivity contribution is -0.114. The van der Waals surface area contributed by atoms with Crippen molar-refractivity contribution in [3.05, 3.63) is 54.0 Å². The second-order valence-corrected chi connectivity index (χ2v) is 5.43. The molecule has 0 saturated carbocycles. The molecule has 1 aromatic carbocycles. The van der Waals surface area contributed by atoms with Crippen molar-refractivity contribution in [3.63, 3.8) is 0 Å². The number of likely N-dealkylation sites (N-methyl/N-ethyl adjacent to an activating group) is 1. The van der Waals surface area contributed by atoms with E-state index in [1.165, 1.54) is 4.90 Å². The van der Waals surface area contributed by atoms with E-state index >= 15 is 0 Å². The van der Waals surface area contributed by atoms with Crippen LogP contribution in [0.4, 0.5) is 5.69 Å². The maximum atomic E-state index is 12.7. The summed E-state index contributed by atoms with van der Waals surface area (Å²) in [6.45, 7) is 2.53. The van der Waals surface area contributed by atoms with Crippen LogP contribution >= 0.6 is 12.2 Å². The predicted molar refractivity (Wildman–Crippen MR) is 94.2 cm³/mol. The van der Waals surface area contributed by atoms with E-state index in [9.17, 15) is 4.79 Å². The molecule has 5 nitrogen and oxygen atoms in total. The summed E-state index contributed by atoms with van der Waals surface area (Å²) in [7, 11) is 1.80. The van der Waals surface area contributed by atoms with Gasteiger partial charge in [0.05, 0.1) is 12.3 Å². The average Bonchev–Trinajstić information content (AvgIpc) is 3.13. The Morgan fingerprint density at radius 2 is 2.00 bits per heavy atom. The number of hydrogen-bond donors (Lipinski definition) is 1. The summed E-state index contributed by atoms with van der Waals surface area (Å²) in [4.78, 5) is 19.1. The summed E-state index contributed by atoms with van der Waals surface area (Å²) in [5.74, 6) is 0.626. The van der Waals surface area contributed by atoms with E-state index in [2.05, 4.69) is 4.98 Å². The molecule has 1 aliphatic heterocycles. The zero-order valence-electron chi connectivity index (χ0n) is 12.9. The zero-order valence-corrected chi connectivity index (χ0v) is 13.8. The number of aromatic nitrogens is 1. The molecule has 0 atom stereocenters. The van der Waals surface area contributed by atoms with Gasteiger partial charge in [-0.1, -0.05) is 0 Å². The Labute approximate surface area is 140 Å². The highest BCUT2D eigenvalue weighted by atomic mass is 32.1. The third-order valence-electron chi connectivity index (χ3n) is 3.58. The molecule has 2 aromatic rings. The van der Waals surface area contributed by atoms with Crippen molar-refractivity contribution >= 4 is 35.0 Å². The zero-order chi connectivity index (χ0) is 16.4. The number of carbonyl (C=O) groups excluding carboxylic acids is 1. The van der Waals surface area contributed by atoms with Gasteiger partial charge < -0.3 is 14.6 Å². The molecule has 0 aliphatic carbocycles. The van der Waals surface area contributed by atoms with Gasteiger partial charge in [0.15, 0.2) is 5.11 Å². The summed E-state index contributed by atoms with van der Waals surface area (Å²) in [5.41, 5.74) is 2.12. The van der Waals surface area contributed by atoms with Crippen LogP contribution in [0.3, 0.4) is 0 Å². The third kappa shape index (κ3) is 2.85. The first kappa shape index (κ1) is 15.3. The van der Waals surface area contributed by atoms with Gasteiger partial charge >= 0.3 is 0 Å². The highest BCUT2D eigenvalue weighted by Gasteiger charge is 2.36. The van der Waals surface area contributed by atoms with Gasteiger partial charge in [0.2, 0.25) is 0 Å². The van der Waals surface area contributed by atoms with Crippen molar-refractivity contribution in [1.29, 1.82) is 0 Å². The van der Waals surface area contributed by atoms with Crippen molar-refractivity contribution in [2.45, 2.75) is 6.92 Å². The largest absolute Gasteiger partial charge is 0.494 e. The van der Waals surface area contributed by atoms with Gasteiger partial charge in [-0.15, -0.1) is 0 Å². The minimum absolute atomic E-state index is 0.142. The lowest BCUT2D eigenvalue weighted by Gasteiger charge is -2.16. The van der Waals surface area contributed by atoms with E-state index in [1.807, 2.05) is 49.5 Å². The van der Waals surface area contributed by atoms with Gasteiger partial charge in [-0.25, -0.2) is 0 Å². The van der Waals surface area contributed by atoms with Crippen LogP contribution in [0, 0.1) is 0 Å². The summed E-state index contributed by atoms with van der Waals surface area (Å²) in [6.07, 6.45) is 3.61. The predicted octanol–water partition coefficient (Wildman–Crippen LogP) is 3.02. The van der Waals surface area contributed by atoms with Gasteiger partial charge in [-0.3, -0.25) is 9.69 Å². The number of nitrogens with one attached hydrogen (secondary N) is 1. The summed E-state index contributed by atoms with van der Waals surface area (Å²) in [5, 5.41) is 0.456. The van der Waals surface area contributed by atoms with Gasteiger partial charge in [-0.2, -0.15) is 0 Å². The molecular weight excluding hydrogens is 310 g/mol. The molecule has 0 bridgehead atoms. The van der Waals surface area contributed by atoms with Crippen LogP contribution in [0.5, 0.6) is 5.75 Å². The molecular formula is C17H17N3O2S. The fourth-order valence-electron chi connectivity index (χ4n) is 2.42. The first-order chi connectivity index (χ1) is 11.1. The molecule has 1 aromatic heterocycles. The third-order valence-corrected chi connectivity index (χ3v) is 4.04. The second-order valence-electron chi connectivity index (χ2n) is 5.06. The normalized spacial score (nSPS) is 16.5. The van der Waals surface area contributed by atoms with Crippen LogP contribution in [0.2, 0.25) is 0 Å². The van der Waals surface area contributed by atoms with Gasteiger partial charge in [-0.05, 0) is 61.6 Å². The number of ether oxygens (including phenoxy) is 1. The number of anilines is 1. The fourth-order valence-corrected chi connectivity index (χ4v) is 2.71. The second kappa shape index (κ2) is 6.26. The maximum absolute atomic E-state index is 12.7. The van der Waals surface area contributed by atoms with Crippen LogP contribution in [-0.4, -0.2) is 34.6 Å². The quantitative estimate of drug-likeness (QED) is 0.693. The highest BCUT2D eigenvalue weighted by Crippen LogP contribution is 2.29. The number of benzene rings is 1. The Morgan fingerprint density at radius 1 is 1.26 bits per heavy atom. The average molecular weight is 327 g/mol. The molecule has 1 saturated heterocycles. The SMILES string of the molecule is CCOc1ccc(N2C(=O)/C(=C/c3ccc[nH]3)N(C)C2=S)cc1. The summed E-state index contributed by atoms with van der Waals surface area (Å²) < 4.78 is 5.43. The van der Waals surface area contributed by atoms with Crippen LogP contribution in [0.25, 0.3) is 6.08 Å². The molecule has 1 N–H and O–H groups in total. The van der Waals surface area contributed by atoms with Crippen LogP contribution < -0.4 is 9.64 Å². The van der Waals surface area contributed by atoms with E-state index < -0.39 is 0 Å². The monoisotopic (exact) mass is 327 g/mol. The Kier molecular flexibility index (Phi) is 4.16. The molecule has 1 aliphatic rings. The van der Waals surface area contributed by atoms with Crippen molar-refractivity contribution in [2.24, 2.45) is 0 Å². The van der Waals surface area contributed by atoms with Gasteiger partial charge in [0.25, 0.3) is 5.91 Å². The van der Waals surface area contributed by atoms with E-state index in [1.54, 1.807) is 18.0 Å². The molecule has 0 radical (unpaired) electrons. The van der Waals surface area contributed by atoms with Gasteiger partial charge in [0.1, 0.15) is 11.4 Å². The molecule has 0 unspecified atom stereocenters. The summed E-state index contributed by atoms with van der Waals surface area (Å²) >= 11 is 5.43.